The van der Waals surface area contributed by atoms with E-state index in [1.165, 1.54) is 23.6 Å². The number of hydrogen-bond donors (Lipinski definition) is 3. The van der Waals surface area contributed by atoms with Gasteiger partial charge in [-0.1, -0.05) is 48.0 Å². The van der Waals surface area contributed by atoms with E-state index in [1.54, 1.807) is 36.5 Å². The summed E-state index contributed by atoms with van der Waals surface area (Å²) in [6.45, 7) is -0.316. The number of aromatic nitrogens is 3. The molecule has 0 bridgehead atoms. The van der Waals surface area contributed by atoms with Gasteiger partial charge in [0.05, 0.1) is 17.9 Å². The van der Waals surface area contributed by atoms with Gasteiger partial charge in [0.15, 0.2) is 5.03 Å². The molecule has 3 aromatic heterocycles. The molecule has 0 amide bonds. The maximum atomic E-state index is 13.0. The maximum absolute atomic E-state index is 13.0. The Balaban J connectivity index is 1.62. The molecule has 0 saturated heterocycles. The summed E-state index contributed by atoms with van der Waals surface area (Å²) in [6, 6.07) is 16.4. The van der Waals surface area contributed by atoms with Crippen molar-refractivity contribution in [2.45, 2.75) is 17.5 Å². The smallest absolute Gasteiger partial charge is 0.322 e. The molecule has 0 aliphatic heterocycles. The summed E-state index contributed by atoms with van der Waals surface area (Å²) in [6.07, 6.45) is 3.29. The highest BCUT2D eigenvalue weighted by molar-refractivity contribution is 7.89. The number of thiazole rings is 1. The lowest BCUT2D eigenvalue weighted by Gasteiger charge is -2.19. The van der Waals surface area contributed by atoms with Crippen molar-refractivity contribution >= 4 is 44.7 Å². The van der Waals surface area contributed by atoms with E-state index in [0.717, 1.165) is 16.1 Å². The lowest BCUT2D eigenvalue weighted by Crippen LogP contribution is -2.31. The number of hydrogen-bond acceptors (Lipinski definition) is 8. The molecular formula is C23H20ClN5O4S2. The fourth-order valence-electron chi connectivity index (χ4n) is 3.28. The van der Waals surface area contributed by atoms with Gasteiger partial charge in [-0.3, -0.25) is 4.79 Å². The second-order valence-corrected chi connectivity index (χ2v) is 10.7. The van der Waals surface area contributed by atoms with E-state index >= 15 is 0 Å². The van der Waals surface area contributed by atoms with Gasteiger partial charge in [0.1, 0.15) is 21.7 Å². The number of nitrogens with zero attached hydrogens (tertiary/aromatic N) is 3. The molecule has 0 aliphatic carbocycles. The predicted molar refractivity (Wildman–Crippen MR) is 134 cm³/mol. The molecule has 180 valence electrons. The van der Waals surface area contributed by atoms with Crippen LogP contribution in [-0.2, 0) is 21.2 Å². The van der Waals surface area contributed by atoms with Crippen LogP contribution in [-0.4, -0.2) is 41.0 Å². The summed E-state index contributed by atoms with van der Waals surface area (Å²) in [5, 5.41) is 12.3. The minimum absolute atomic E-state index is 0.110. The number of pyridine rings is 2. The van der Waals surface area contributed by atoms with Crippen LogP contribution in [0.3, 0.4) is 0 Å². The molecule has 35 heavy (non-hydrogen) atoms. The Morgan fingerprint density at radius 3 is 2.51 bits per heavy atom. The number of anilines is 1. The molecule has 3 N–H and O–H groups in total. The lowest BCUT2D eigenvalue weighted by molar-refractivity contribution is -0.134. The first-order chi connectivity index (χ1) is 16.8. The van der Waals surface area contributed by atoms with Crippen LogP contribution in [0.1, 0.15) is 17.3 Å². The molecule has 0 spiro atoms. The average Bonchev–Trinajstić information content (AvgIpc) is 3.29. The fraction of sp³-hybridized carbons (Fsp3) is 0.130. The minimum atomic E-state index is -3.95. The molecule has 0 fully saturated rings. The molecule has 0 radical (unpaired) electrons. The predicted octanol–water partition coefficient (Wildman–Crippen LogP) is 4.01. The Morgan fingerprint density at radius 2 is 1.86 bits per heavy atom. The van der Waals surface area contributed by atoms with Gasteiger partial charge in [-0.2, -0.15) is 0 Å². The first kappa shape index (κ1) is 24.7. The molecule has 4 aromatic rings. The van der Waals surface area contributed by atoms with Gasteiger partial charge in [-0.25, -0.2) is 28.1 Å². The van der Waals surface area contributed by atoms with E-state index < -0.39 is 22.0 Å². The third kappa shape index (κ3) is 6.61. The summed E-state index contributed by atoms with van der Waals surface area (Å²) < 4.78 is 29.4. The van der Waals surface area contributed by atoms with Gasteiger partial charge in [0.2, 0.25) is 0 Å². The SMILES string of the molecule is O=C(O)CNc1cccc(C(Cc2ccc(-c3ncc(Cl)s3)cc2)NS(=O)(=O)c2ccccn2)n1. The van der Waals surface area contributed by atoms with Crippen molar-refractivity contribution in [1.82, 2.24) is 19.7 Å². The molecule has 12 heteroatoms. The van der Waals surface area contributed by atoms with E-state index in [9.17, 15) is 13.2 Å². The van der Waals surface area contributed by atoms with Crippen molar-refractivity contribution in [3.63, 3.8) is 0 Å². The van der Waals surface area contributed by atoms with Gasteiger partial charge in [-0.15, -0.1) is 11.3 Å². The molecule has 0 aliphatic rings. The first-order valence-corrected chi connectivity index (χ1v) is 13.0. The van der Waals surface area contributed by atoms with E-state index in [2.05, 4.69) is 25.0 Å². The molecule has 1 atom stereocenters. The Morgan fingerprint density at radius 1 is 1.06 bits per heavy atom. The summed E-state index contributed by atoms with van der Waals surface area (Å²) in [5.74, 6) is -0.714. The quantitative estimate of drug-likeness (QED) is 0.280. The number of carboxylic acids is 1. The van der Waals surface area contributed by atoms with Crippen LogP contribution in [0.4, 0.5) is 5.82 Å². The average molecular weight is 530 g/mol. The number of nitrogens with one attached hydrogen (secondary N) is 2. The molecular weight excluding hydrogens is 510 g/mol. The normalized spacial score (nSPS) is 12.3. The second kappa shape index (κ2) is 10.9. The van der Waals surface area contributed by atoms with Crippen LogP contribution in [0.15, 0.2) is 78.1 Å². The number of carbonyl (C=O) groups is 1. The van der Waals surface area contributed by atoms with Gasteiger partial charge in [0.25, 0.3) is 10.0 Å². The minimum Gasteiger partial charge on any atom is -0.480 e. The number of aliphatic carboxylic acids is 1. The van der Waals surface area contributed by atoms with Crippen LogP contribution in [0, 0.1) is 0 Å². The summed E-state index contributed by atoms with van der Waals surface area (Å²) in [5.41, 5.74) is 2.18. The van der Waals surface area contributed by atoms with Gasteiger partial charge in [-0.05, 0) is 36.2 Å². The van der Waals surface area contributed by atoms with Crippen molar-refractivity contribution in [2.24, 2.45) is 0 Å². The molecule has 1 aromatic carbocycles. The van der Waals surface area contributed by atoms with Gasteiger partial charge in [0, 0.05) is 11.8 Å². The number of halogens is 1. The molecule has 1 unspecified atom stereocenters. The number of sulfonamides is 1. The maximum Gasteiger partial charge on any atom is 0.322 e. The number of carboxylic acid groups (broad SMARTS) is 1. The Hall–Kier alpha value is -3.38. The molecule has 4 rings (SSSR count). The molecule has 0 saturated carbocycles. The highest BCUT2D eigenvalue weighted by Crippen LogP contribution is 2.29. The molecule has 9 nitrogen and oxygen atoms in total. The summed E-state index contributed by atoms with van der Waals surface area (Å²) >= 11 is 7.35. The van der Waals surface area contributed by atoms with Crippen molar-refractivity contribution in [3.05, 3.63) is 88.7 Å². The largest absolute Gasteiger partial charge is 0.480 e. The van der Waals surface area contributed by atoms with Crippen molar-refractivity contribution in [3.8, 4) is 10.6 Å². The Kier molecular flexibility index (Phi) is 7.71. The van der Waals surface area contributed by atoms with E-state index in [1.807, 2.05) is 24.3 Å². The third-order valence-corrected chi connectivity index (χ3v) is 7.43. The van der Waals surface area contributed by atoms with Crippen molar-refractivity contribution in [2.75, 3.05) is 11.9 Å². The summed E-state index contributed by atoms with van der Waals surface area (Å²) in [4.78, 5) is 23.6. The zero-order chi connectivity index (χ0) is 24.8. The highest BCUT2D eigenvalue weighted by Gasteiger charge is 2.24. The van der Waals surface area contributed by atoms with E-state index in [4.69, 9.17) is 16.7 Å². The molecule has 3 heterocycles. The number of benzene rings is 1. The second-order valence-electron chi connectivity index (χ2n) is 7.41. The summed E-state index contributed by atoms with van der Waals surface area (Å²) in [7, 11) is -3.95. The van der Waals surface area contributed by atoms with Crippen molar-refractivity contribution < 1.29 is 18.3 Å². The topological polar surface area (TPSA) is 134 Å². The van der Waals surface area contributed by atoms with Crippen LogP contribution < -0.4 is 10.0 Å². The standard InChI is InChI=1S/C23H20ClN5O4S2/c24-19-13-27-23(34-19)16-9-7-15(8-10-16)12-18(29-35(32,33)21-6-1-2-11-25-21)17-4-3-5-20(28-17)26-14-22(30)31/h1-11,13,18,29H,12,14H2,(H,26,28)(H,30,31). The van der Waals surface area contributed by atoms with E-state index in [0.29, 0.717) is 22.3 Å². The zero-order valence-electron chi connectivity index (χ0n) is 18.1. The Labute approximate surface area is 210 Å². The highest BCUT2D eigenvalue weighted by atomic mass is 35.5. The van der Waals surface area contributed by atoms with Crippen LogP contribution in [0.5, 0.6) is 0 Å². The zero-order valence-corrected chi connectivity index (χ0v) is 20.5. The van der Waals surface area contributed by atoms with E-state index in [-0.39, 0.29) is 11.6 Å². The monoisotopic (exact) mass is 529 g/mol. The third-order valence-electron chi connectivity index (χ3n) is 4.88. The van der Waals surface area contributed by atoms with Crippen molar-refractivity contribution in [1.29, 1.82) is 0 Å². The van der Waals surface area contributed by atoms with Gasteiger partial charge >= 0.3 is 5.97 Å². The fourth-order valence-corrected chi connectivity index (χ4v) is 5.35. The Bertz CT molecular complexity index is 1410. The number of rotatable bonds is 10. The van der Waals surface area contributed by atoms with Gasteiger partial charge < -0.3 is 10.4 Å². The first-order valence-electron chi connectivity index (χ1n) is 10.4. The lowest BCUT2D eigenvalue weighted by atomic mass is 10.0. The van der Waals surface area contributed by atoms with Crippen LogP contribution >= 0.6 is 22.9 Å². The van der Waals surface area contributed by atoms with Crippen LogP contribution in [0.2, 0.25) is 4.34 Å². The van der Waals surface area contributed by atoms with Crippen LogP contribution in [0.25, 0.3) is 10.6 Å².